The van der Waals surface area contributed by atoms with E-state index in [9.17, 15) is 14.0 Å². The van der Waals surface area contributed by atoms with Crippen LogP contribution >= 0.6 is 11.6 Å². The Morgan fingerprint density at radius 1 is 1.43 bits per heavy atom. The quantitative estimate of drug-likeness (QED) is 0.846. The Morgan fingerprint density at radius 3 is 2.83 bits per heavy atom. The van der Waals surface area contributed by atoms with Crippen molar-refractivity contribution in [3.63, 3.8) is 0 Å². The molecule has 122 valence electrons. The number of halogens is 2. The number of aromatic nitrogens is 1. The monoisotopic (exact) mass is 340 g/mol. The second-order valence-electron chi connectivity index (χ2n) is 4.64. The fourth-order valence-corrected chi connectivity index (χ4v) is 2.26. The lowest BCUT2D eigenvalue weighted by Gasteiger charge is -2.07. The first-order valence-electron chi connectivity index (χ1n) is 6.71. The molecule has 0 radical (unpaired) electrons. The first-order chi connectivity index (χ1) is 11.0. The van der Waals surface area contributed by atoms with Gasteiger partial charge in [-0.15, -0.1) is 0 Å². The molecule has 2 rings (SSSR count). The maximum Gasteiger partial charge on any atom is 0.307 e. The van der Waals surface area contributed by atoms with E-state index < -0.39 is 17.7 Å². The minimum Gasteiger partial charge on any atom is -0.469 e. The number of nitrogens with zero attached hydrogens (tertiary/aromatic N) is 1. The lowest BCUT2D eigenvalue weighted by atomic mass is 10.0. The SMILES string of the molecule is COC(=O)CCNC(=O)c1c(-c2c(F)cccc2Cl)noc1C. The molecule has 23 heavy (non-hydrogen) atoms. The van der Waals surface area contributed by atoms with Crippen molar-refractivity contribution in [2.45, 2.75) is 13.3 Å². The average molecular weight is 341 g/mol. The number of amides is 1. The summed E-state index contributed by atoms with van der Waals surface area (Å²) in [6, 6.07) is 4.15. The fraction of sp³-hybridized carbons (Fsp3) is 0.267. The number of methoxy groups -OCH3 is 1. The summed E-state index contributed by atoms with van der Waals surface area (Å²) >= 11 is 6.00. The number of carbonyl (C=O) groups excluding carboxylic acids is 2. The van der Waals surface area contributed by atoms with E-state index in [4.69, 9.17) is 16.1 Å². The van der Waals surface area contributed by atoms with Crippen LogP contribution in [0, 0.1) is 12.7 Å². The summed E-state index contributed by atoms with van der Waals surface area (Å²) in [5.74, 6) is -1.39. The minimum absolute atomic E-state index is 0.0101. The molecule has 0 saturated heterocycles. The zero-order valence-corrected chi connectivity index (χ0v) is 13.2. The van der Waals surface area contributed by atoms with Crippen LogP contribution in [-0.2, 0) is 9.53 Å². The molecule has 0 unspecified atom stereocenters. The van der Waals surface area contributed by atoms with Crippen LogP contribution in [0.25, 0.3) is 11.3 Å². The van der Waals surface area contributed by atoms with Crippen LogP contribution in [-0.4, -0.2) is 30.7 Å². The number of rotatable bonds is 5. The highest BCUT2D eigenvalue weighted by Crippen LogP contribution is 2.33. The number of hydrogen-bond donors (Lipinski definition) is 1. The van der Waals surface area contributed by atoms with Crippen molar-refractivity contribution < 1.29 is 23.2 Å². The van der Waals surface area contributed by atoms with E-state index in [1.165, 1.54) is 32.2 Å². The molecule has 1 N–H and O–H groups in total. The lowest BCUT2D eigenvalue weighted by molar-refractivity contribution is -0.140. The van der Waals surface area contributed by atoms with Crippen LogP contribution < -0.4 is 5.32 Å². The van der Waals surface area contributed by atoms with E-state index in [0.717, 1.165) is 0 Å². The van der Waals surface area contributed by atoms with Crippen LogP contribution in [0.3, 0.4) is 0 Å². The van der Waals surface area contributed by atoms with Crippen LogP contribution in [0.4, 0.5) is 4.39 Å². The fourth-order valence-electron chi connectivity index (χ4n) is 2.00. The Hall–Kier alpha value is -2.41. The van der Waals surface area contributed by atoms with Crippen molar-refractivity contribution >= 4 is 23.5 Å². The van der Waals surface area contributed by atoms with Gasteiger partial charge in [0.15, 0.2) is 0 Å². The second-order valence-corrected chi connectivity index (χ2v) is 5.05. The number of esters is 1. The standard InChI is InChI=1S/C15H14ClFN2O4/c1-8-12(15(21)18-7-6-11(20)22-2)14(19-23-8)13-9(16)4-3-5-10(13)17/h3-5H,6-7H2,1-2H3,(H,18,21). The highest BCUT2D eigenvalue weighted by molar-refractivity contribution is 6.33. The Labute approximate surface area is 136 Å². The molecule has 0 aliphatic carbocycles. The number of benzene rings is 1. The van der Waals surface area contributed by atoms with Gasteiger partial charge in [0.2, 0.25) is 0 Å². The molecular formula is C15H14ClFN2O4. The van der Waals surface area contributed by atoms with Crippen molar-refractivity contribution in [2.75, 3.05) is 13.7 Å². The summed E-state index contributed by atoms with van der Waals surface area (Å²) in [7, 11) is 1.26. The van der Waals surface area contributed by atoms with Gasteiger partial charge in [0.05, 0.1) is 24.1 Å². The van der Waals surface area contributed by atoms with Gasteiger partial charge in [-0.25, -0.2) is 4.39 Å². The van der Waals surface area contributed by atoms with Gasteiger partial charge in [0.25, 0.3) is 5.91 Å². The molecule has 0 aliphatic rings. The number of hydrogen-bond acceptors (Lipinski definition) is 5. The Bertz CT molecular complexity index is 725. The predicted molar refractivity (Wildman–Crippen MR) is 80.6 cm³/mol. The molecule has 0 bridgehead atoms. The van der Waals surface area contributed by atoms with Gasteiger partial charge >= 0.3 is 5.97 Å². The summed E-state index contributed by atoms with van der Waals surface area (Å²) in [4.78, 5) is 23.3. The third-order valence-corrected chi connectivity index (χ3v) is 3.45. The van der Waals surface area contributed by atoms with Gasteiger partial charge < -0.3 is 14.6 Å². The van der Waals surface area contributed by atoms with E-state index in [2.05, 4.69) is 15.2 Å². The molecule has 1 heterocycles. The maximum absolute atomic E-state index is 14.0. The van der Waals surface area contributed by atoms with Gasteiger partial charge in [0.1, 0.15) is 22.8 Å². The summed E-state index contributed by atoms with van der Waals surface area (Å²) in [6.45, 7) is 1.60. The van der Waals surface area contributed by atoms with E-state index in [0.29, 0.717) is 0 Å². The van der Waals surface area contributed by atoms with Crippen LogP contribution in [0.2, 0.25) is 5.02 Å². The van der Waals surface area contributed by atoms with Crippen LogP contribution in [0.15, 0.2) is 22.7 Å². The molecular weight excluding hydrogens is 327 g/mol. The second kappa shape index (κ2) is 7.23. The van der Waals surface area contributed by atoms with Gasteiger partial charge in [0, 0.05) is 6.54 Å². The molecule has 1 aromatic carbocycles. The van der Waals surface area contributed by atoms with Crippen LogP contribution in [0.5, 0.6) is 0 Å². The summed E-state index contributed by atoms with van der Waals surface area (Å²) in [5.41, 5.74) is 0.0761. The number of nitrogens with one attached hydrogen (secondary N) is 1. The van der Waals surface area contributed by atoms with Gasteiger partial charge in [-0.2, -0.15) is 0 Å². The molecule has 2 aromatic rings. The normalized spacial score (nSPS) is 10.4. The van der Waals surface area contributed by atoms with Crippen molar-refractivity contribution in [2.24, 2.45) is 0 Å². The van der Waals surface area contributed by atoms with Gasteiger partial charge in [-0.3, -0.25) is 9.59 Å². The predicted octanol–water partition coefficient (Wildman–Crippen LogP) is 2.74. The third kappa shape index (κ3) is 3.68. The van der Waals surface area contributed by atoms with Gasteiger partial charge in [-0.05, 0) is 19.1 Å². The lowest BCUT2D eigenvalue weighted by Crippen LogP contribution is -2.27. The molecule has 0 aliphatic heterocycles. The van der Waals surface area contributed by atoms with Crippen molar-refractivity contribution in [3.05, 3.63) is 40.4 Å². The van der Waals surface area contributed by atoms with E-state index in [-0.39, 0.29) is 40.6 Å². The number of aryl methyl sites for hydroxylation is 1. The van der Waals surface area contributed by atoms with Crippen molar-refractivity contribution in [3.8, 4) is 11.3 Å². The smallest absolute Gasteiger partial charge is 0.307 e. The highest BCUT2D eigenvalue weighted by Gasteiger charge is 2.25. The van der Waals surface area contributed by atoms with Crippen molar-refractivity contribution in [1.29, 1.82) is 0 Å². The van der Waals surface area contributed by atoms with E-state index in [1.54, 1.807) is 0 Å². The average Bonchev–Trinajstić information content (AvgIpc) is 2.88. The number of carbonyl (C=O) groups is 2. The topological polar surface area (TPSA) is 81.4 Å². The first kappa shape index (κ1) is 17.0. The zero-order valence-electron chi connectivity index (χ0n) is 12.5. The van der Waals surface area contributed by atoms with E-state index in [1.807, 2.05) is 0 Å². The van der Waals surface area contributed by atoms with Gasteiger partial charge in [-0.1, -0.05) is 22.8 Å². The summed E-state index contributed by atoms with van der Waals surface area (Å²) in [5, 5.41) is 6.38. The summed E-state index contributed by atoms with van der Waals surface area (Å²) < 4.78 is 23.5. The van der Waals surface area contributed by atoms with E-state index >= 15 is 0 Å². The zero-order chi connectivity index (χ0) is 17.0. The number of ether oxygens (including phenoxy) is 1. The Balaban J connectivity index is 2.29. The molecule has 0 saturated carbocycles. The molecule has 0 fully saturated rings. The molecule has 0 spiro atoms. The molecule has 0 atom stereocenters. The molecule has 1 amide bonds. The van der Waals surface area contributed by atoms with Crippen molar-refractivity contribution in [1.82, 2.24) is 10.5 Å². The highest BCUT2D eigenvalue weighted by atomic mass is 35.5. The van der Waals surface area contributed by atoms with Crippen LogP contribution in [0.1, 0.15) is 22.5 Å². The minimum atomic E-state index is -0.616. The maximum atomic E-state index is 14.0. The Kier molecular flexibility index (Phi) is 5.33. The first-order valence-corrected chi connectivity index (χ1v) is 7.09. The molecule has 6 nitrogen and oxygen atoms in total. The summed E-state index contributed by atoms with van der Waals surface area (Å²) in [6.07, 6.45) is 0.0162. The third-order valence-electron chi connectivity index (χ3n) is 3.13. The largest absolute Gasteiger partial charge is 0.469 e. The Morgan fingerprint density at radius 2 is 2.17 bits per heavy atom. The molecule has 1 aromatic heterocycles. The molecule has 8 heteroatoms.